The zero-order valence-electron chi connectivity index (χ0n) is 9.34. The topological polar surface area (TPSA) is 121 Å². The minimum atomic E-state index is -1.19. The fourth-order valence-corrected chi connectivity index (χ4v) is 1.23. The molecule has 0 saturated heterocycles. The van der Waals surface area contributed by atoms with Crippen LogP contribution in [0.2, 0.25) is 6.32 Å². The Kier molecular flexibility index (Phi) is 15.8. The molecule has 0 aliphatic rings. The number of unbranched alkanes of at least 4 members (excludes halogenated alkanes) is 1. The highest BCUT2D eigenvalue weighted by molar-refractivity contribution is 6.40. The lowest BCUT2D eigenvalue weighted by Crippen LogP contribution is -2.20. The van der Waals surface area contributed by atoms with Crippen molar-refractivity contribution >= 4 is 13.3 Å². The van der Waals surface area contributed by atoms with Crippen molar-refractivity contribution in [1.82, 2.24) is 0 Å². The van der Waals surface area contributed by atoms with Gasteiger partial charge >= 0.3 is 13.3 Å². The molecule has 1 atom stereocenters. The first-order chi connectivity index (χ1) is 7.58. The number of hydrogen-bond donors (Lipinski definition) is 4. The summed E-state index contributed by atoms with van der Waals surface area (Å²) in [5.74, 6) is 0. The van der Waals surface area contributed by atoms with E-state index in [2.05, 4.69) is 0 Å². The molecular weight excluding hydrogens is 213 g/mol. The first kappa shape index (κ1) is 17.7. The molecule has 0 aromatic carbocycles. The SMILES string of the molecule is NC(CCCO)CCCCB(O)O.O=C=O. The average molecular weight is 233 g/mol. The summed E-state index contributed by atoms with van der Waals surface area (Å²) in [6, 6.07) is 0.142. The Bertz CT molecular complexity index is 173. The molecule has 0 aliphatic heterocycles. The molecule has 16 heavy (non-hydrogen) atoms. The maximum atomic E-state index is 8.55. The summed E-state index contributed by atoms with van der Waals surface area (Å²) < 4.78 is 0. The average Bonchev–Trinajstić information content (AvgIpc) is 2.22. The number of hydrogen-bond acceptors (Lipinski definition) is 6. The zero-order chi connectivity index (χ0) is 12.8. The summed E-state index contributed by atoms with van der Waals surface area (Å²) in [4.78, 5) is 16.2. The molecule has 6 nitrogen and oxygen atoms in total. The summed E-state index contributed by atoms with van der Waals surface area (Å²) in [5, 5.41) is 25.6. The largest absolute Gasteiger partial charge is 0.451 e. The van der Waals surface area contributed by atoms with Crippen LogP contribution in [0.3, 0.4) is 0 Å². The van der Waals surface area contributed by atoms with Crippen molar-refractivity contribution in [3.8, 4) is 0 Å². The van der Waals surface area contributed by atoms with Gasteiger partial charge in [0.05, 0.1) is 0 Å². The highest BCUT2D eigenvalue weighted by Gasteiger charge is 2.06. The van der Waals surface area contributed by atoms with Gasteiger partial charge in [-0.2, -0.15) is 9.59 Å². The number of aliphatic hydroxyl groups excluding tert-OH is 1. The lowest BCUT2D eigenvalue weighted by molar-refractivity contribution is -0.191. The molecule has 0 saturated carbocycles. The summed E-state index contributed by atoms with van der Waals surface area (Å²) in [7, 11) is -1.19. The second-order valence-electron chi connectivity index (χ2n) is 3.47. The predicted octanol–water partition coefficient (Wildman–Crippen LogP) is -0.854. The van der Waals surface area contributed by atoms with Gasteiger partial charge in [0.2, 0.25) is 0 Å². The van der Waals surface area contributed by atoms with Gasteiger partial charge in [0.1, 0.15) is 0 Å². The van der Waals surface area contributed by atoms with Gasteiger partial charge in [-0.25, -0.2) is 0 Å². The van der Waals surface area contributed by atoms with E-state index in [1.807, 2.05) is 0 Å². The Hall–Kier alpha value is -0.715. The van der Waals surface area contributed by atoms with Gasteiger partial charge in [-0.3, -0.25) is 0 Å². The summed E-state index contributed by atoms with van der Waals surface area (Å²) in [5.41, 5.74) is 5.74. The first-order valence-corrected chi connectivity index (χ1v) is 5.30. The molecule has 0 radical (unpaired) electrons. The van der Waals surface area contributed by atoms with Crippen LogP contribution >= 0.6 is 0 Å². The molecule has 0 fully saturated rings. The number of rotatable bonds is 8. The predicted molar refractivity (Wildman–Crippen MR) is 58.2 cm³/mol. The minimum absolute atomic E-state index is 0.142. The van der Waals surface area contributed by atoms with Crippen LogP contribution in [0.25, 0.3) is 0 Å². The monoisotopic (exact) mass is 233 g/mol. The van der Waals surface area contributed by atoms with Gasteiger partial charge < -0.3 is 20.9 Å². The van der Waals surface area contributed by atoms with E-state index in [9.17, 15) is 0 Å². The smallest absolute Gasteiger partial charge is 0.427 e. The fraction of sp³-hybridized carbons (Fsp3) is 0.889. The Morgan fingerprint density at radius 3 is 2.06 bits per heavy atom. The summed E-state index contributed by atoms with van der Waals surface area (Å²) in [6.45, 7) is 0.197. The molecule has 1 unspecified atom stereocenters. The lowest BCUT2D eigenvalue weighted by atomic mass is 9.83. The lowest BCUT2D eigenvalue weighted by Gasteiger charge is -2.09. The van der Waals surface area contributed by atoms with Crippen molar-refractivity contribution in [1.29, 1.82) is 0 Å². The van der Waals surface area contributed by atoms with Gasteiger partial charge in [0, 0.05) is 12.6 Å². The van der Waals surface area contributed by atoms with Crippen LogP contribution < -0.4 is 5.73 Å². The van der Waals surface area contributed by atoms with Gasteiger partial charge in [0.25, 0.3) is 0 Å². The van der Waals surface area contributed by atoms with E-state index in [-0.39, 0.29) is 18.8 Å². The van der Waals surface area contributed by atoms with E-state index >= 15 is 0 Å². The van der Waals surface area contributed by atoms with Crippen LogP contribution in [0.1, 0.15) is 32.1 Å². The Balaban J connectivity index is 0. The highest BCUT2D eigenvalue weighted by atomic mass is 16.4. The van der Waals surface area contributed by atoms with E-state index in [0.29, 0.717) is 6.32 Å². The van der Waals surface area contributed by atoms with Gasteiger partial charge in [-0.15, -0.1) is 0 Å². The first-order valence-electron chi connectivity index (χ1n) is 5.30. The van der Waals surface area contributed by atoms with Crippen molar-refractivity contribution in [2.45, 2.75) is 44.5 Å². The van der Waals surface area contributed by atoms with Crippen molar-refractivity contribution < 1.29 is 24.7 Å². The summed E-state index contributed by atoms with van der Waals surface area (Å²) in [6.07, 6.45) is 4.89. The van der Waals surface area contributed by atoms with Crippen LogP contribution in [-0.4, -0.2) is 41.1 Å². The third kappa shape index (κ3) is 19.0. The quantitative estimate of drug-likeness (QED) is 0.320. The standard InChI is InChI=1S/C8H20BNO3.CO2/c10-8(5-3-7-11)4-1-2-6-9(12)13;2-1-3/h8,11-13H,1-7,10H2;. The van der Waals surface area contributed by atoms with Crippen LogP contribution in [0, 0.1) is 0 Å². The van der Waals surface area contributed by atoms with Crippen molar-refractivity contribution in [3.05, 3.63) is 0 Å². The normalized spacial score (nSPS) is 11.0. The molecule has 0 aromatic heterocycles. The van der Waals surface area contributed by atoms with Crippen molar-refractivity contribution in [2.24, 2.45) is 5.73 Å². The van der Waals surface area contributed by atoms with Gasteiger partial charge in [0.15, 0.2) is 0 Å². The maximum absolute atomic E-state index is 8.55. The van der Waals surface area contributed by atoms with E-state index in [0.717, 1.165) is 32.1 Å². The van der Waals surface area contributed by atoms with Crippen molar-refractivity contribution in [3.63, 3.8) is 0 Å². The van der Waals surface area contributed by atoms with Gasteiger partial charge in [-0.1, -0.05) is 12.8 Å². The second kappa shape index (κ2) is 14.3. The van der Waals surface area contributed by atoms with E-state index in [1.165, 1.54) is 0 Å². The van der Waals surface area contributed by atoms with E-state index < -0.39 is 7.12 Å². The van der Waals surface area contributed by atoms with Crippen LogP contribution in [0.5, 0.6) is 0 Å². The summed E-state index contributed by atoms with van der Waals surface area (Å²) >= 11 is 0. The fourth-order valence-electron chi connectivity index (χ4n) is 1.23. The Morgan fingerprint density at radius 1 is 1.12 bits per heavy atom. The maximum Gasteiger partial charge on any atom is 0.451 e. The second-order valence-corrected chi connectivity index (χ2v) is 3.47. The molecule has 0 rings (SSSR count). The molecule has 7 heteroatoms. The van der Waals surface area contributed by atoms with Crippen LogP contribution in [0.4, 0.5) is 0 Å². The number of aliphatic hydroxyl groups is 1. The van der Waals surface area contributed by atoms with Crippen LogP contribution in [-0.2, 0) is 9.59 Å². The van der Waals surface area contributed by atoms with E-state index in [4.69, 9.17) is 30.5 Å². The molecule has 0 heterocycles. The van der Waals surface area contributed by atoms with Gasteiger partial charge in [-0.05, 0) is 25.6 Å². The zero-order valence-corrected chi connectivity index (χ0v) is 9.34. The third-order valence-electron chi connectivity index (χ3n) is 2.02. The van der Waals surface area contributed by atoms with E-state index in [1.54, 1.807) is 0 Å². The Morgan fingerprint density at radius 2 is 1.62 bits per heavy atom. The van der Waals surface area contributed by atoms with Crippen LogP contribution in [0.15, 0.2) is 0 Å². The molecule has 0 bridgehead atoms. The minimum Gasteiger partial charge on any atom is -0.427 e. The number of carbonyl (C=O) groups excluding carboxylic acids is 2. The molecular formula is C9H20BNO5. The molecule has 0 spiro atoms. The molecule has 0 aromatic rings. The molecule has 0 aliphatic carbocycles. The Labute approximate surface area is 95.6 Å². The third-order valence-corrected chi connectivity index (χ3v) is 2.02. The number of nitrogens with two attached hydrogens (primary N) is 1. The molecule has 0 amide bonds. The van der Waals surface area contributed by atoms with Crippen molar-refractivity contribution in [2.75, 3.05) is 6.61 Å². The highest BCUT2D eigenvalue weighted by Crippen LogP contribution is 2.07. The molecule has 94 valence electrons. The molecule has 5 N–H and O–H groups in total.